The number of esters is 2. The standard InChI is InChI=1S/C62H69N11O13S2/c1-6-14-47(69-61(87)66-40-24-22-39(23-25-40)64-60(82)68-48(32-51(74)75)37-16-11-18-42(29-37)71-88(83,84)43-19-12-17-41(30-43)65-59(81)63-26-7-2)56(78)72-27-13-21-49(72)54(76)70-52(35(4)5)57(79)86-62(8-3)45-31-50-53-38(28-36-15-9-10-20-46(36)67-53)33-73(50)55(77)44(45)34-85-58(62)80/h9-12,15-20,22-25,28-31,35,47-49,52,71H,6-8,13-14,21,26-27,32-34H2,1-5H3,(H,70,76)(H,74,75)(H2,63,65,81)(H2,64,68,82)(H2,66,69,87)/p-1/t47-,48?,49-,52-,62-/m0/s1. The molecule has 0 radical (unpaired) electrons. The number of anilines is 4. The molecule has 0 aliphatic carbocycles. The van der Waals surface area contributed by atoms with E-state index in [1.54, 1.807) is 55.7 Å². The van der Waals surface area contributed by atoms with Gasteiger partial charge in [0.05, 0.1) is 40.0 Å². The Kier molecular flexibility index (Phi) is 19.4. The second-order valence-corrected chi connectivity index (χ2v) is 24.1. The van der Waals surface area contributed by atoms with Crippen LogP contribution in [0.15, 0.2) is 119 Å². The van der Waals surface area contributed by atoms with Gasteiger partial charge in [0.2, 0.25) is 17.4 Å². The summed E-state index contributed by atoms with van der Waals surface area (Å²) in [6.45, 7) is 9.44. The van der Waals surface area contributed by atoms with Gasteiger partial charge in [-0.05, 0) is 129 Å². The molecule has 6 amide bonds. The Bertz CT molecular complexity index is 3900. The van der Waals surface area contributed by atoms with Gasteiger partial charge in [-0.15, -0.1) is 0 Å². The summed E-state index contributed by atoms with van der Waals surface area (Å²) in [6, 6.07) is 23.4. The van der Waals surface area contributed by atoms with Crippen LogP contribution in [-0.2, 0) is 62.2 Å². The number of fused-ring (bicyclic) bond motifs is 5. The van der Waals surface area contributed by atoms with Crippen molar-refractivity contribution in [1.29, 1.82) is 0 Å². The number of carboxylic acid groups (broad SMARTS) is 1. The number of ether oxygens (including phenoxy) is 2. The lowest BCUT2D eigenvalue weighted by molar-refractivity contribution is -0.306. The fourth-order valence-corrected chi connectivity index (χ4v) is 12.4. The van der Waals surface area contributed by atoms with Crippen LogP contribution in [0.25, 0.3) is 22.3 Å². The SMILES string of the molecule is CCCNC(=O)Nc1cccc(S(=O)(=O)Nc2cccc(C(CC(=O)[O-])NC(=O)Nc3ccc(NC(=S)N[C@@H](CCC)C(=O)N4CCC[C@H]4C(=O)N[C@H](C(=O)O[C@]4(CC)C(=O)OCc5c4cc4n(c5=O)Cc5cc6ccccc6nc5-4)C(C)C)cc3)c2)c1. The zero-order valence-electron chi connectivity index (χ0n) is 49.0. The van der Waals surface area contributed by atoms with Gasteiger partial charge in [0, 0.05) is 64.7 Å². The predicted molar refractivity (Wildman–Crippen MR) is 330 cm³/mol. The summed E-state index contributed by atoms with van der Waals surface area (Å²) in [5.41, 5.74) is 1.83. The minimum atomic E-state index is -4.21. The van der Waals surface area contributed by atoms with E-state index in [0.717, 1.165) is 16.5 Å². The molecule has 26 heteroatoms. The first-order valence-corrected chi connectivity index (χ1v) is 30.9. The number of rotatable bonds is 22. The third-order valence-electron chi connectivity index (χ3n) is 15.5. The monoisotopic (exact) mass is 1240 g/mol. The smallest absolute Gasteiger partial charge is 0.355 e. The normalized spacial score (nSPS) is 16.8. The number of thiocarbonyl (C=S) groups is 1. The number of urea groups is 2. The maximum Gasteiger partial charge on any atom is 0.355 e. The highest BCUT2D eigenvalue weighted by molar-refractivity contribution is 7.92. The number of nitrogens with one attached hydrogen (secondary N) is 8. The number of cyclic esters (lactones) is 1. The molecule has 0 spiro atoms. The van der Waals surface area contributed by atoms with Crippen molar-refractivity contribution in [3.05, 3.63) is 142 Å². The summed E-state index contributed by atoms with van der Waals surface area (Å²) in [5.74, 6) is -4.83. The summed E-state index contributed by atoms with van der Waals surface area (Å²) in [4.78, 5) is 115. The van der Waals surface area contributed by atoms with Crippen molar-refractivity contribution in [1.82, 2.24) is 35.7 Å². The van der Waals surface area contributed by atoms with E-state index in [-0.39, 0.29) is 64.2 Å². The highest BCUT2D eigenvalue weighted by atomic mass is 32.2. The number of aromatic nitrogens is 2. The van der Waals surface area contributed by atoms with Crippen molar-refractivity contribution in [3.63, 3.8) is 0 Å². The Morgan fingerprint density at radius 3 is 2.25 bits per heavy atom. The van der Waals surface area contributed by atoms with Crippen LogP contribution in [0.1, 0.15) is 108 Å². The molecule has 0 bridgehead atoms. The molecule has 0 saturated carbocycles. The Morgan fingerprint density at radius 1 is 0.818 bits per heavy atom. The molecule has 1 saturated heterocycles. The minimum Gasteiger partial charge on any atom is -0.550 e. The molecule has 9 rings (SSSR count). The van der Waals surface area contributed by atoms with Crippen LogP contribution in [0.5, 0.6) is 0 Å². The molecule has 5 atom stereocenters. The largest absolute Gasteiger partial charge is 0.550 e. The molecule has 8 N–H and O–H groups in total. The van der Waals surface area contributed by atoms with Gasteiger partial charge in [0.1, 0.15) is 24.7 Å². The van der Waals surface area contributed by atoms with Crippen molar-refractivity contribution >= 4 is 103 Å². The number of nitrogens with zero attached hydrogens (tertiary/aromatic N) is 3. The zero-order chi connectivity index (χ0) is 63.0. The lowest BCUT2D eigenvalue weighted by Crippen LogP contribution is -2.57. The molecule has 4 aromatic carbocycles. The first-order chi connectivity index (χ1) is 42.1. The Labute approximate surface area is 513 Å². The molecular weight excluding hydrogens is 1170 g/mol. The number of hydrogen-bond donors (Lipinski definition) is 8. The van der Waals surface area contributed by atoms with E-state index in [9.17, 15) is 51.9 Å². The lowest BCUT2D eigenvalue weighted by Gasteiger charge is -2.37. The maximum atomic E-state index is 14.4. The molecule has 2 aromatic heterocycles. The topological polar surface area (TPSA) is 330 Å². The summed E-state index contributed by atoms with van der Waals surface area (Å²) in [5, 5.41) is 32.3. The average molecular weight is 1240 g/mol. The van der Waals surface area contributed by atoms with Gasteiger partial charge < -0.3 is 66.1 Å². The van der Waals surface area contributed by atoms with Crippen molar-refractivity contribution in [2.24, 2.45) is 5.92 Å². The molecule has 462 valence electrons. The number of hydrogen-bond acceptors (Lipinski definition) is 15. The van der Waals surface area contributed by atoms with E-state index >= 15 is 0 Å². The number of carboxylic acids is 1. The Morgan fingerprint density at radius 2 is 1.53 bits per heavy atom. The number of likely N-dealkylation sites (tertiary alicyclic amines) is 1. The van der Waals surface area contributed by atoms with Crippen molar-refractivity contribution < 1.29 is 56.6 Å². The van der Waals surface area contributed by atoms with Gasteiger partial charge in [-0.3, -0.25) is 19.1 Å². The number of para-hydroxylation sites is 1. The number of carbonyl (C=O) groups is 7. The van der Waals surface area contributed by atoms with E-state index < -0.39 is 99.5 Å². The lowest BCUT2D eigenvalue weighted by atomic mass is 9.85. The van der Waals surface area contributed by atoms with Gasteiger partial charge in [-0.2, -0.15) is 0 Å². The van der Waals surface area contributed by atoms with Crippen LogP contribution in [0, 0.1) is 5.92 Å². The predicted octanol–water partition coefficient (Wildman–Crippen LogP) is 6.25. The molecule has 24 nitrogen and oxygen atoms in total. The number of sulfonamides is 1. The van der Waals surface area contributed by atoms with Gasteiger partial charge in [0.15, 0.2) is 5.11 Å². The maximum absolute atomic E-state index is 14.4. The number of aliphatic carboxylic acids is 1. The van der Waals surface area contributed by atoms with Gasteiger partial charge in [-0.25, -0.2) is 32.6 Å². The van der Waals surface area contributed by atoms with E-state index in [1.807, 2.05) is 44.2 Å². The molecule has 3 aliphatic heterocycles. The van der Waals surface area contributed by atoms with E-state index in [0.29, 0.717) is 61.4 Å². The number of amides is 6. The quantitative estimate of drug-likeness (QED) is 0.0274. The molecule has 3 aliphatic rings. The summed E-state index contributed by atoms with van der Waals surface area (Å²) < 4.78 is 42.6. The first kappa shape index (κ1) is 63.1. The molecular formula is C62H68N11O13S2-. The number of carbonyl (C=O) groups excluding carboxylic acids is 7. The second kappa shape index (κ2) is 27.1. The fourth-order valence-electron chi connectivity index (χ4n) is 11.0. The van der Waals surface area contributed by atoms with Gasteiger partial charge in [0.25, 0.3) is 15.6 Å². The van der Waals surface area contributed by atoms with E-state index in [1.165, 1.54) is 53.4 Å². The summed E-state index contributed by atoms with van der Waals surface area (Å²) in [7, 11) is -4.21. The van der Waals surface area contributed by atoms with E-state index in [4.69, 9.17) is 26.7 Å². The average Bonchev–Trinajstić information content (AvgIpc) is 1.40. The van der Waals surface area contributed by atoms with Crippen molar-refractivity contribution in [2.45, 2.75) is 127 Å². The minimum absolute atomic E-state index is 0.0659. The summed E-state index contributed by atoms with van der Waals surface area (Å²) in [6.07, 6.45) is 1.63. The van der Waals surface area contributed by atoms with Gasteiger partial charge in [-0.1, -0.05) is 77.4 Å². The van der Waals surface area contributed by atoms with Crippen LogP contribution in [0.4, 0.5) is 32.3 Å². The van der Waals surface area contributed by atoms with Crippen LogP contribution in [-0.4, -0.2) is 101 Å². The van der Waals surface area contributed by atoms with Crippen LogP contribution >= 0.6 is 12.2 Å². The molecule has 6 aromatic rings. The van der Waals surface area contributed by atoms with Crippen LogP contribution in [0.3, 0.4) is 0 Å². The fraction of sp³-hybridized carbons (Fsp3) is 0.355. The first-order valence-electron chi connectivity index (χ1n) is 29.0. The molecule has 5 heterocycles. The molecule has 88 heavy (non-hydrogen) atoms. The van der Waals surface area contributed by atoms with Crippen LogP contribution < -0.4 is 52.6 Å². The second-order valence-electron chi connectivity index (χ2n) is 22.0. The molecule has 1 unspecified atom stereocenters. The zero-order valence-corrected chi connectivity index (χ0v) is 50.7. The van der Waals surface area contributed by atoms with Crippen LogP contribution in [0.2, 0.25) is 0 Å². The third-order valence-corrected chi connectivity index (χ3v) is 17.1. The van der Waals surface area contributed by atoms with Gasteiger partial charge >= 0.3 is 24.0 Å². The third kappa shape index (κ3) is 14.0. The highest BCUT2D eigenvalue weighted by Gasteiger charge is 2.52. The van der Waals surface area contributed by atoms with E-state index in [2.05, 4.69) is 41.9 Å². The van der Waals surface area contributed by atoms with Crippen molar-refractivity contribution in [3.8, 4) is 11.4 Å². The Hall–Kier alpha value is -9.43. The highest BCUT2D eigenvalue weighted by Crippen LogP contribution is 2.41. The molecule has 1 fully saturated rings. The summed E-state index contributed by atoms with van der Waals surface area (Å²) >= 11 is 5.66. The number of pyridine rings is 2. The van der Waals surface area contributed by atoms with Crippen molar-refractivity contribution in [2.75, 3.05) is 33.8 Å². The number of benzene rings is 4. The Balaban J connectivity index is 0.804.